The van der Waals surface area contributed by atoms with E-state index in [9.17, 15) is 22.8 Å². The number of nitrogens with one attached hydrogen (secondary N) is 1. The molecule has 1 unspecified atom stereocenters. The van der Waals surface area contributed by atoms with Crippen LogP contribution >= 0.6 is 11.6 Å². The van der Waals surface area contributed by atoms with Crippen LogP contribution in [0.4, 0.5) is 18.9 Å². The second-order valence-electron chi connectivity index (χ2n) is 10.9. The summed E-state index contributed by atoms with van der Waals surface area (Å²) in [5.41, 5.74) is 1.74. The van der Waals surface area contributed by atoms with E-state index in [0.29, 0.717) is 63.7 Å². The van der Waals surface area contributed by atoms with Gasteiger partial charge in [0.1, 0.15) is 11.5 Å². The average Bonchev–Trinajstić information content (AvgIpc) is 3.67. The van der Waals surface area contributed by atoms with Crippen molar-refractivity contribution in [2.75, 3.05) is 5.32 Å². The fourth-order valence-corrected chi connectivity index (χ4v) is 5.68. The lowest BCUT2D eigenvalue weighted by atomic mass is 9.88. The number of nitrogens with zero attached hydrogens (tertiary/aromatic N) is 6. The highest BCUT2D eigenvalue weighted by Crippen LogP contribution is 2.37. The molecule has 0 saturated heterocycles. The van der Waals surface area contributed by atoms with E-state index in [1.807, 2.05) is 0 Å². The highest BCUT2D eigenvalue weighted by Gasteiger charge is 2.27. The van der Waals surface area contributed by atoms with Crippen LogP contribution in [0.5, 0.6) is 0 Å². The number of hydrogen-bond donors (Lipinski definition) is 1. The molecule has 232 valence electrons. The first kappa shape index (κ1) is 30.3. The summed E-state index contributed by atoms with van der Waals surface area (Å²) in [7, 11) is 0. The predicted octanol–water partition coefficient (Wildman–Crippen LogP) is 7.12. The molecule has 0 aliphatic carbocycles. The Hall–Kier alpha value is -4.78. The molecule has 10 nitrogen and oxygen atoms in total. The molecule has 0 fully saturated rings. The standard InChI is InChI=1S/C31H27ClF3N7O3/c1-16-4-3-5-20(23-12-18(10-11-36-23)28-24(38-30(16)43)14-37-42(28)17(2)33)21-7-9-27(45-31(21)44)22-13-19(32)6-8-26(22)41-15-25(29(34)35)39-40-41/h6-17,20,29H,3-5H2,1-2H3,(H,38,43)/t16-,17?,20-/m1/s1. The molecule has 14 heteroatoms. The van der Waals surface area contributed by atoms with Crippen LogP contribution in [0.3, 0.4) is 0 Å². The molecule has 0 saturated carbocycles. The van der Waals surface area contributed by atoms with E-state index < -0.39 is 30.0 Å². The molecule has 5 heterocycles. The minimum absolute atomic E-state index is 0.140. The fourth-order valence-electron chi connectivity index (χ4n) is 5.50. The molecule has 1 aliphatic rings. The number of amides is 1. The number of aromatic nitrogens is 6. The number of fused-ring (bicyclic) bond motifs is 4. The number of carbonyl (C=O) groups excluding carboxylic acids is 1. The molecule has 3 atom stereocenters. The lowest BCUT2D eigenvalue weighted by molar-refractivity contribution is -0.119. The SMILES string of the molecule is CC(F)n1ncc2c1-c1ccnc(c1)[C@@H](c1ccc(-c3cc(Cl)ccc3-n3cc(C(F)F)nn3)oc1=O)CCC[C@@H](C)C(=O)N2. The summed E-state index contributed by atoms with van der Waals surface area (Å²) >= 11 is 6.26. The Kier molecular flexibility index (Phi) is 8.28. The Labute approximate surface area is 259 Å². The second kappa shape index (κ2) is 12.3. The van der Waals surface area contributed by atoms with Gasteiger partial charge in [-0.25, -0.2) is 27.3 Å². The van der Waals surface area contributed by atoms with Crippen molar-refractivity contribution >= 4 is 23.2 Å². The van der Waals surface area contributed by atoms with Gasteiger partial charge in [-0.2, -0.15) is 5.10 Å². The van der Waals surface area contributed by atoms with Gasteiger partial charge in [0.2, 0.25) is 5.91 Å². The maximum absolute atomic E-state index is 14.6. The molecule has 1 amide bonds. The molecule has 5 aromatic rings. The van der Waals surface area contributed by atoms with Crippen LogP contribution in [-0.4, -0.2) is 35.7 Å². The molecule has 1 aliphatic heterocycles. The van der Waals surface area contributed by atoms with E-state index in [1.165, 1.54) is 17.8 Å². The summed E-state index contributed by atoms with van der Waals surface area (Å²) < 4.78 is 49.1. The molecule has 2 bridgehead atoms. The zero-order valence-corrected chi connectivity index (χ0v) is 24.9. The topological polar surface area (TPSA) is 121 Å². The molecular formula is C31H27ClF3N7O3. The molecule has 6 rings (SSSR count). The van der Waals surface area contributed by atoms with E-state index in [0.717, 1.165) is 10.9 Å². The average molecular weight is 638 g/mol. The fraction of sp³-hybridized carbons (Fsp3) is 0.290. The number of anilines is 1. The van der Waals surface area contributed by atoms with E-state index >= 15 is 0 Å². The van der Waals surface area contributed by atoms with Crippen LogP contribution in [0.15, 0.2) is 70.3 Å². The monoisotopic (exact) mass is 637 g/mol. The van der Waals surface area contributed by atoms with Crippen LogP contribution in [0.25, 0.3) is 28.3 Å². The Balaban J connectivity index is 1.43. The van der Waals surface area contributed by atoms with E-state index in [2.05, 4.69) is 25.7 Å². The van der Waals surface area contributed by atoms with Gasteiger partial charge in [0.25, 0.3) is 6.43 Å². The van der Waals surface area contributed by atoms with Gasteiger partial charge in [-0.1, -0.05) is 30.2 Å². The van der Waals surface area contributed by atoms with E-state index in [4.69, 9.17) is 16.0 Å². The minimum Gasteiger partial charge on any atom is -0.422 e. The van der Waals surface area contributed by atoms with Crippen molar-refractivity contribution in [1.82, 2.24) is 29.8 Å². The van der Waals surface area contributed by atoms with Gasteiger partial charge in [-0.15, -0.1) is 5.10 Å². The van der Waals surface area contributed by atoms with Gasteiger partial charge in [-0.05, 0) is 62.2 Å². The highest BCUT2D eigenvalue weighted by molar-refractivity contribution is 6.31. The van der Waals surface area contributed by atoms with Gasteiger partial charge >= 0.3 is 5.63 Å². The molecule has 4 aromatic heterocycles. The normalized spacial score (nSPS) is 17.7. The molecule has 0 spiro atoms. The number of carbonyl (C=O) groups is 1. The molecule has 1 N–H and O–H groups in total. The zero-order valence-electron chi connectivity index (χ0n) is 24.1. The second-order valence-corrected chi connectivity index (χ2v) is 11.3. The van der Waals surface area contributed by atoms with Gasteiger partial charge in [-0.3, -0.25) is 9.78 Å². The van der Waals surface area contributed by atoms with Crippen molar-refractivity contribution in [2.45, 2.75) is 51.7 Å². The van der Waals surface area contributed by atoms with Crippen LogP contribution < -0.4 is 10.9 Å². The number of rotatable bonds is 5. The minimum atomic E-state index is -2.81. The molecule has 1 aromatic carbocycles. The van der Waals surface area contributed by atoms with Crippen LogP contribution in [0.1, 0.15) is 68.7 Å². The van der Waals surface area contributed by atoms with Crippen molar-refractivity contribution in [3.8, 4) is 28.3 Å². The lowest BCUT2D eigenvalue weighted by Crippen LogP contribution is -2.22. The highest BCUT2D eigenvalue weighted by atomic mass is 35.5. The van der Waals surface area contributed by atoms with Crippen LogP contribution in [0.2, 0.25) is 5.02 Å². The number of halogens is 4. The third kappa shape index (κ3) is 5.99. The maximum atomic E-state index is 14.6. The number of pyridine rings is 1. The largest absolute Gasteiger partial charge is 0.422 e. The number of benzene rings is 1. The molecule has 45 heavy (non-hydrogen) atoms. The van der Waals surface area contributed by atoms with Crippen molar-refractivity contribution in [3.05, 3.63) is 93.4 Å². The summed E-state index contributed by atoms with van der Waals surface area (Å²) in [5.74, 6) is -0.961. The van der Waals surface area contributed by atoms with Crippen LogP contribution in [0, 0.1) is 5.92 Å². The quantitative estimate of drug-likeness (QED) is 0.218. The summed E-state index contributed by atoms with van der Waals surface area (Å²) in [6.45, 7) is 3.15. The Bertz CT molecular complexity index is 1940. The van der Waals surface area contributed by atoms with E-state index in [-0.39, 0.29) is 17.6 Å². The molecular weight excluding hydrogens is 611 g/mol. The smallest absolute Gasteiger partial charge is 0.340 e. The number of alkyl halides is 3. The van der Waals surface area contributed by atoms with Crippen molar-refractivity contribution in [3.63, 3.8) is 0 Å². The van der Waals surface area contributed by atoms with Crippen molar-refractivity contribution in [1.29, 1.82) is 0 Å². The Morgan fingerprint density at radius 2 is 1.91 bits per heavy atom. The Morgan fingerprint density at radius 1 is 1.09 bits per heavy atom. The first-order chi connectivity index (χ1) is 21.6. The van der Waals surface area contributed by atoms with Gasteiger partial charge in [0.15, 0.2) is 6.30 Å². The van der Waals surface area contributed by atoms with E-state index in [1.54, 1.807) is 55.6 Å². The first-order valence-corrected chi connectivity index (χ1v) is 14.6. The lowest BCUT2D eigenvalue weighted by Gasteiger charge is -2.20. The van der Waals surface area contributed by atoms with Crippen molar-refractivity contribution < 1.29 is 22.4 Å². The van der Waals surface area contributed by atoms with Crippen molar-refractivity contribution in [2.24, 2.45) is 5.92 Å². The maximum Gasteiger partial charge on any atom is 0.340 e. The van der Waals surface area contributed by atoms with Gasteiger partial charge < -0.3 is 9.73 Å². The van der Waals surface area contributed by atoms with Gasteiger partial charge in [0, 0.05) is 45.4 Å². The third-order valence-corrected chi connectivity index (χ3v) is 8.05. The third-order valence-electron chi connectivity index (χ3n) is 7.81. The molecule has 0 radical (unpaired) electrons. The first-order valence-electron chi connectivity index (χ1n) is 14.2. The predicted molar refractivity (Wildman–Crippen MR) is 160 cm³/mol. The number of hydrogen-bond acceptors (Lipinski definition) is 7. The summed E-state index contributed by atoms with van der Waals surface area (Å²) in [6.07, 6.45) is 1.39. The summed E-state index contributed by atoms with van der Waals surface area (Å²) in [6, 6.07) is 11.3. The summed E-state index contributed by atoms with van der Waals surface area (Å²) in [4.78, 5) is 31.2. The zero-order chi connectivity index (χ0) is 31.8. The Morgan fingerprint density at radius 3 is 2.64 bits per heavy atom. The van der Waals surface area contributed by atoms with Gasteiger partial charge in [0.05, 0.1) is 29.5 Å². The van der Waals surface area contributed by atoms with Crippen LogP contribution in [-0.2, 0) is 4.79 Å². The summed E-state index contributed by atoms with van der Waals surface area (Å²) in [5, 5.41) is 14.7.